The molecule has 0 bridgehead atoms. The van der Waals surface area contributed by atoms with Crippen molar-refractivity contribution in [3.05, 3.63) is 29.8 Å². The molecule has 1 rings (SSSR count). The van der Waals surface area contributed by atoms with Crippen LogP contribution in [-0.4, -0.2) is 37.9 Å². The maximum atomic E-state index is 11.2. The highest BCUT2D eigenvalue weighted by molar-refractivity contribution is 5.75. The van der Waals surface area contributed by atoms with E-state index in [2.05, 4.69) is 10.1 Å². The summed E-state index contributed by atoms with van der Waals surface area (Å²) in [6.07, 6.45) is 0. The van der Waals surface area contributed by atoms with Crippen molar-refractivity contribution in [3.8, 4) is 5.75 Å². The largest absolute Gasteiger partial charge is 0.497 e. The van der Waals surface area contributed by atoms with Gasteiger partial charge in [0.15, 0.2) is 0 Å². The van der Waals surface area contributed by atoms with E-state index in [-0.39, 0.29) is 6.61 Å². The molecule has 94 valence electrons. The minimum Gasteiger partial charge on any atom is -0.497 e. The zero-order valence-electron chi connectivity index (χ0n) is 9.97. The van der Waals surface area contributed by atoms with E-state index in [1.807, 2.05) is 24.3 Å². The van der Waals surface area contributed by atoms with Gasteiger partial charge in [-0.25, -0.2) is 0 Å². The molecule has 1 aromatic carbocycles. The van der Waals surface area contributed by atoms with Crippen molar-refractivity contribution in [2.75, 3.05) is 20.8 Å². The van der Waals surface area contributed by atoms with Crippen LogP contribution in [0.2, 0.25) is 0 Å². The lowest BCUT2D eigenvalue weighted by Crippen LogP contribution is -2.40. The fourth-order valence-electron chi connectivity index (χ4n) is 1.35. The number of methoxy groups -OCH3 is 2. The highest BCUT2D eigenvalue weighted by atomic mass is 16.5. The van der Waals surface area contributed by atoms with Crippen molar-refractivity contribution >= 4 is 5.97 Å². The summed E-state index contributed by atoms with van der Waals surface area (Å²) in [7, 11) is 2.90. The van der Waals surface area contributed by atoms with Crippen LogP contribution in [0.5, 0.6) is 5.75 Å². The Hall–Kier alpha value is -1.59. The van der Waals surface area contributed by atoms with Gasteiger partial charge >= 0.3 is 5.97 Å². The summed E-state index contributed by atoms with van der Waals surface area (Å²) in [5, 5.41) is 11.9. The molecule has 0 amide bonds. The number of hydrogen-bond donors (Lipinski definition) is 2. The Morgan fingerprint density at radius 3 is 2.47 bits per heavy atom. The van der Waals surface area contributed by atoms with Crippen LogP contribution in [0, 0.1) is 0 Å². The molecule has 0 aliphatic rings. The molecule has 17 heavy (non-hydrogen) atoms. The molecule has 0 unspecified atom stereocenters. The predicted octanol–water partition coefficient (Wildman–Crippen LogP) is 0.319. The van der Waals surface area contributed by atoms with Crippen LogP contribution in [0.1, 0.15) is 5.56 Å². The van der Waals surface area contributed by atoms with Crippen molar-refractivity contribution in [3.63, 3.8) is 0 Å². The van der Waals surface area contributed by atoms with Crippen LogP contribution in [0.25, 0.3) is 0 Å². The fraction of sp³-hybridized carbons (Fsp3) is 0.417. The summed E-state index contributed by atoms with van der Waals surface area (Å²) in [5.41, 5.74) is 0.994. The minimum absolute atomic E-state index is 0.289. The van der Waals surface area contributed by atoms with E-state index in [1.165, 1.54) is 7.11 Å². The summed E-state index contributed by atoms with van der Waals surface area (Å²) in [6, 6.07) is 6.75. The van der Waals surface area contributed by atoms with Crippen LogP contribution >= 0.6 is 0 Å². The van der Waals surface area contributed by atoms with E-state index in [9.17, 15) is 4.79 Å². The topological polar surface area (TPSA) is 67.8 Å². The first-order valence-electron chi connectivity index (χ1n) is 5.26. The molecular weight excluding hydrogens is 222 g/mol. The number of carbonyl (C=O) groups excluding carboxylic acids is 1. The average molecular weight is 239 g/mol. The number of aliphatic hydroxyl groups is 1. The Kier molecular flexibility index (Phi) is 5.45. The molecule has 0 saturated carbocycles. The second-order valence-electron chi connectivity index (χ2n) is 3.49. The molecule has 5 heteroatoms. The van der Waals surface area contributed by atoms with Gasteiger partial charge in [-0.05, 0) is 17.7 Å². The lowest BCUT2D eigenvalue weighted by molar-refractivity contribution is -0.144. The molecule has 0 aliphatic heterocycles. The number of rotatable bonds is 6. The summed E-state index contributed by atoms with van der Waals surface area (Å²) < 4.78 is 9.58. The molecular formula is C12H17NO4. The van der Waals surface area contributed by atoms with E-state index in [4.69, 9.17) is 9.84 Å². The number of hydrogen-bond acceptors (Lipinski definition) is 5. The Labute approximate surface area is 100 Å². The lowest BCUT2D eigenvalue weighted by Gasteiger charge is -2.13. The van der Waals surface area contributed by atoms with Gasteiger partial charge in [0.25, 0.3) is 0 Å². The van der Waals surface area contributed by atoms with Crippen molar-refractivity contribution in [2.45, 2.75) is 12.6 Å². The normalized spacial score (nSPS) is 11.9. The molecule has 0 radical (unpaired) electrons. The maximum Gasteiger partial charge on any atom is 0.325 e. The van der Waals surface area contributed by atoms with Gasteiger partial charge in [-0.2, -0.15) is 0 Å². The second kappa shape index (κ2) is 6.88. The third-order valence-electron chi connectivity index (χ3n) is 2.38. The summed E-state index contributed by atoms with van der Waals surface area (Å²) in [4.78, 5) is 11.2. The number of nitrogens with one attached hydrogen (secondary N) is 1. The van der Waals surface area contributed by atoms with E-state index < -0.39 is 12.0 Å². The smallest absolute Gasteiger partial charge is 0.325 e. The number of aliphatic hydroxyl groups excluding tert-OH is 1. The first-order valence-corrected chi connectivity index (χ1v) is 5.26. The summed E-state index contributed by atoms with van der Waals surface area (Å²) in [6.45, 7) is 0.188. The fourth-order valence-corrected chi connectivity index (χ4v) is 1.35. The first kappa shape index (κ1) is 13.5. The van der Waals surface area contributed by atoms with Gasteiger partial charge in [-0.3, -0.25) is 10.1 Å². The Morgan fingerprint density at radius 2 is 2.00 bits per heavy atom. The first-order chi connectivity index (χ1) is 8.21. The second-order valence-corrected chi connectivity index (χ2v) is 3.49. The predicted molar refractivity (Wildman–Crippen MR) is 62.7 cm³/mol. The highest BCUT2D eigenvalue weighted by Gasteiger charge is 2.16. The Bertz CT molecular complexity index is 350. The van der Waals surface area contributed by atoms with E-state index in [0.717, 1.165) is 11.3 Å². The molecule has 0 saturated heterocycles. The van der Waals surface area contributed by atoms with Gasteiger partial charge in [-0.1, -0.05) is 12.1 Å². The standard InChI is InChI=1S/C12H17NO4/c1-16-10-5-3-9(4-6-10)7-13-11(8-14)12(15)17-2/h3-6,11,13-14H,7-8H2,1-2H3/t11-/m0/s1. The monoisotopic (exact) mass is 239 g/mol. The molecule has 5 nitrogen and oxygen atoms in total. The van der Waals surface area contributed by atoms with Crippen LogP contribution in [-0.2, 0) is 16.1 Å². The van der Waals surface area contributed by atoms with E-state index in [1.54, 1.807) is 7.11 Å². The molecule has 0 fully saturated rings. The summed E-state index contributed by atoms with van der Waals surface area (Å²) >= 11 is 0. The van der Waals surface area contributed by atoms with Gasteiger partial charge in [0.05, 0.1) is 20.8 Å². The SMILES string of the molecule is COC(=O)[C@H](CO)NCc1ccc(OC)cc1. The van der Waals surface area contributed by atoms with Crippen molar-refractivity contribution in [2.24, 2.45) is 0 Å². The van der Waals surface area contributed by atoms with Gasteiger partial charge in [0.1, 0.15) is 11.8 Å². The highest BCUT2D eigenvalue weighted by Crippen LogP contribution is 2.11. The van der Waals surface area contributed by atoms with Crippen LogP contribution in [0.4, 0.5) is 0 Å². The molecule has 0 spiro atoms. The quantitative estimate of drug-likeness (QED) is 0.700. The van der Waals surface area contributed by atoms with Crippen molar-refractivity contribution in [1.29, 1.82) is 0 Å². The molecule has 1 atom stereocenters. The van der Waals surface area contributed by atoms with Crippen LogP contribution < -0.4 is 10.1 Å². The van der Waals surface area contributed by atoms with Gasteiger partial charge in [0.2, 0.25) is 0 Å². The van der Waals surface area contributed by atoms with Gasteiger partial charge in [0, 0.05) is 6.54 Å². The number of esters is 1. The third kappa shape index (κ3) is 4.05. The zero-order chi connectivity index (χ0) is 12.7. The molecule has 0 heterocycles. The zero-order valence-corrected chi connectivity index (χ0v) is 9.97. The molecule has 0 aliphatic carbocycles. The average Bonchev–Trinajstić information content (AvgIpc) is 2.39. The van der Waals surface area contributed by atoms with E-state index in [0.29, 0.717) is 6.54 Å². The lowest BCUT2D eigenvalue weighted by atomic mass is 10.2. The maximum absolute atomic E-state index is 11.2. The molecule has 2 N–H and O–H groups in total. The van der Waals surface area contributed by atoms with Crippen LogP contribution in [0.3, 0.4) is 0 Å². The molecule has 0 aromatic heterocycles. The Balaban J connectivity index is 2.50. The van der Waals surface area contributed by atoms with E-state index >= 15 is 0 Å². The minimum atomic E-state index is -0.692. The van der Waals surface area contributed by atoms with Crippen molar-refractivity contribution < 1.29 is 19.4 Å². The molecule has 1 aromatic rings. The van der Waals surface area contributed by atoms with Gasteiger partial charge in [-0.15, -0.1) is 0 Å². The van der Waals surface area contributed by atoms with Crippen molar-refractivity contribution in [1.82, 2.24) is 5.32 Å². The summed E-state index contributed by atoms with van der Waals surface area (Å²) in [5.74, 6) is 0.307. The number of benzene rings is 1. The number of ether oxygens (including phenoxy) is 2. The van der Waals surface area contributed by atoms with Crippen LogP contribution in [0.15, 0.2) is 24.3 Å². The third-order valence-corrected chi connectivity index (χ3v) is 2.38. The Morgan fingerprint density at radius 1 is 1.35 bits per heavy atom. The number of carbonyl (C=O) groups is 1. The van der Waals surface area contributed by atoms with Gasteiger partial charge < -0.3 is 14.6 Å².